The molecule has 0 aliphatic rings. The van der Waals surface area contributed by atoms with Crippen LogP contribution in [-0.4, -0.2) is 21.8 Å². The molecule has 0 aliphatic heterocycles. The van der Waals surface area contributed by atoms with Crippen molar-refractivity contribution in [3.63, 3.8) is 0 Å². The monoisotopic (exact) mass is 486 g/mol. The van der Waals surface area contributed by atoms with E-state index < -0.39 is 40.1 Å². The van der Waals surface area contributed by atoms with E-state index >= 15 is 0 Å². The van der Waals surface area contributed by atoms with Gasteiger partial charge in [0, 0.05) is 11.8 Å². The van der Waals surface area contributed by atoms with Crippen molar-refractivity contribution in [2.45, 2.75) is 12.7 Å². The largest absolute Gasteiger partial charge is 0.489 e. The van der Waals surface area contributed by atoms with E-state index in [1.54, 1.807) is 0 Å². The minimum Gasteiger partial charge on any atom is -0.489 e. The first-order valence-corrected chi connectivity index (χ1v) is 10.1. The Morgan fingerprint density at radius 2 is 2.06 bits per heavy atom. The minimum atomic E-state index is -4.77. The molecule has 0 saturated heterocycles. The third-order valence-electron chi connectivity index (χ3n) is 4.72. The number of benzene rings is 1. The van der Waals surface area contributed by atoms with E-state index in [2.05, 4.69) is 4.98 Å². The number of pyridine rings is 1. The molecule has 1 aromatic carbocycles. The highest BCUT2D eigenvalue weighted by molar-refractivity contribution is 7.15. The molecule has 4 rings (SSSR count). The van der Waals surface area contributed by atoms with Gasteiger partial charge in [-0.3, -0.25) is 0 Å². The van der Waals surface area contributed by atoms with Crippen molar-refractivity contribution in [3.05, 3.63) is 73.8 Å². The number of methoxy groups -OCH3 is 1. The molecule has 0 atom stereocenters. The molecule has 0 spiro atoms. The van der Waals surface area contributed by atoms with Crippen molar-refractivity contribution in [2.24, 2.45) is 0 Å². The number of halogens is 5. The molecule has 32 heavy (non-hydrogen) atoms. The number of nitrogens with zero attached hydrogens (tertiary/aromatic N) is 3. The van der Waals surface area contributed by atoms with Crippen LogP contribution in [0.3, 0.4) is 0 Å². The molecule has 166 valence electrons. The summed E-state index contributed by atoms with van der Waals surface area (Å²) in [5, 5.41) is 11.0. The second-order valence-corrected chi connectivity index (χ2v) is 8.33. The molecule has 0 amide bonds. The first kappa shape index (κ1) is 22.0. The van der Waals surface area contributed by atoms with Gasteiger partial charge >= 0.3 is 17.4 Å². The van der Waals surface area contributed by atoms with Crippen molar-refractivity contribution in [1.82, 2.24) is 9.55 Å². The first-order valence-electron chi connectivity index (χ1n) is 8.93. The van der Waals surface area contributed by atoms with Gasteiger partial charge < -0.3 is 9.84 Å². The maximum Gasteiger partial charge on any atom is 0.416 e. The Bertz CT molecular complexity index is 1400. The topological polar surface area (TPSA) is 68.4 Å². The molecule has 0 unspecified atom stereocenters. The normalized spacial score (nSPS) is 11.8. The van der Waals surface area contributed by atoms with E-state index in [1.165, 1.54) is 36.2 Å². The zero-order valence-electron chi connectivity index (χ0n) is 16.2. The smallest absolute Gasteiger partial charge is 0.416 e. The number of fused-ring (bicyclic) bond motifs is 1. The van der Waals surface area contributed by atoms with Crippen LogP contribution >= 0.6 is 22.9 Å². The van der Waals surface area contributed by atoms with E-state index in [-0.39, 0.29) is 22.4 Å². The van der Waals surface area contributed by atoms with Gasteiger partial charge in [-0.25, -0.2) is 14.2 Å². The van der Waals surface area contributed by atoms with Crippen LogP contribution in [0.5, 0.6) is 11.6 Å². The lowest BCUT2D eigenvalue weighted by Crippen LogP contribution is -2.44. The Kier molecular flexibility index (Phi) is 5.55. The molecule has 0 saturated carbocycles. The fourth-order valence-electron chi connectivity index (χ4n) is 3.31. The summed E-state index contributed by atoms with van der Waals surface area (Å²) in [6, 6.07) is 4.67. The number of ether oxygens (including phenoxy) is 1. The molecule has 3 heterocycles. The minimum absolute atomic E-state index is 0.0616. The van der Waals surface area contributed by atoms with Crippen LogP contribution in [0.4, 0.5) is 17.6 Å². The summed E-state index contributed by atoms with van der Waals surface area (Å²) in [5.74, 6) is -1.63. The van der Waals surface area contributed by atoms with Crippen molar-refractivity contribution < 1.29 is 31.8 Å². The van der Waals surface area contributed by atoms with Crippen LogP contribution in [0.1, 0.15) is 10.4 Å². The maximum absolute atomic E-state index is 14.6. The number of thiazole rings is 1. The highest BCUT2D eigenvalue weighted by Crippen LogP contribution is 2.36. The number of alkyl halides is 3. The Morgan fingerprint density at radius 1 is 1.31 bits per heavy atom. The molecule has 4 aromatic rings. The zero-order chi connectivity index (χ0) is 23.2. The number of aromatic nitrogens is 3. The van der Waals surface area contributed by atoms with Gasteiger partial charge in [-0.2, -0.15) is 22.1 Å². The van der Waals surface area contributed by atoms with Crippen LogP contribution in [0.2, 0.25) is 4.47 Å². The van der Waals surface area contributed by atoms with Gasteiger partial charge in [0.25, 0.3) is 5.88 Å². The number of hydrogen-bond acceptors (Lipinski definition) is 5. The summed E-state index contributed by atoms with van der Waals surface area (Å²) in [4.78, 5) is 17.7. The van der Waals surface area contributed by atoms with Crippen LogP contribution in [0.25, 0.3) is 16.8 Å². The number of aromatic hydroxyl groups is 1. The van der Waals surface area contributed by atoms with Gasteiger partial charge in [0.05, 0.1) is 17.6 Å². The standard InChI is InChI=1S/C20H12ClF4N3O3S/c1-31-14-3-2-6-27-16(14)28(9-11-8-26-19(21)32-11)18(30)15(17(27)29)12-7-10(20(23,24)25)4-5-13(12)22/h2-8H,9H2,1H3/p+1. The molecular weight excluding hydrogens is 474 g/mol. The lowest BCUT2D eigenvalue weighted by atomic mass is 10.0. The molecule has 1 N–H and O–H groups in total. The van der Waals surface area contributed by atoms with Gasteiger partial charge in [0.2, 0.25) is 5.75 Å². The number of hydrogen-bond donors (Lipinski definition) is 1. The summed E-state index contributed by atoms with van der Waals surface area (Å²) in [7, 11) is 1.35. The molecule has 6 nitrogen and oxygen atoms in total. The van der Waals surface area contributed by atoms with Gasteiger partial charge in [0.15, 0.2) is 10.0 Å². The van der Waals surface area contributed by atoms with E-state index in [9.17, 15) is 27.5 Å². The fraction of sp³-hybridized carbons (Fsp3) is 0.150. The van der Waals surface area contributed by atoms with E-state index in [0.717, 1.165) is 15.7 Å². The predicted molar refractivity (Wildman–Crippen MR) is 109 cm³/mol. The summed E-state index contributed by atoms with van der Waals surface area (Å²) in [5.41, 5.74) is -3.29. The summed E-state index contributed by atoms with van der Waals surface area (Å²) >= 11 is 6.98. The Hall–Kier alpha value is -3.18. The third kappa shape index (κ3) is 3.78. The summed E-state index contributed by atoms with van der Waals surface area (Å²) in [6.07, 6.45) is -1.99. The van der Waals surface area contributed by atoms with E-state index in [4.69, 9.17) is 16.3 Å². The highest BCUT2D eigenvalue weighted by Gasteiger charge is 2.34. The Morgan fingerprint density at radius 3 is 2.69 bits per heavy atom. The predicted octanol–water partition coefficient (Wildman–Crippen LogP) is 4.28. The van der Waals surface area contributed by atoms with Gasteiger partial charge in [-0.05, 0) is 30.3 Å². The maximum atomic E-state index is 14.6. The molecule has 0 radical (unpaired) electrons. The van der Waals surface area contributed by atoms with Crippen LogP contribution in [0, 0.1) is 5.82 Å². The molecule has 0 fully saturated rings. The van der Waals surface area contributed by atoms with Crippen molar-refractivity contribution in [2.75, 3.05) is 7.11 Å². The molecule has 3 aromatic heterocycles. The SMILES string of the molecule is COc1ccc[n+]2c(=O)c(-c3cc(C(F)(F)F)ccc3F)c(O)n(Cc3cnc(Cl)s3)c12. The van der Waals surface area contributed by atoms with Gasteiger partial charge in [-0.15, -0.1) is 11.3 Å². The highest BCUT2D eigenvalue weighted by atomic mass is 35.5. The molecule has 0 aliphatic carbocycles. The van der Waals surface area contributed by atoms with E-state index in [1.807, 2.05) is 0 Å². The lowest BCUT2D eigenvalue weighted by Gasteiger charge is -2.13. The second-order valence-electron chi connectivity index (χ2n) is 6.63. The molecule has 0 bridgehead atoms. The quantitative estimate of drug-likeness (QED) is 0.345. The lowest BCUT2D eigenvalue weighted by molar-refractivity contribution is -0.532. The zero-order valence-corrected chi connectivity index (χ0v) is 17.7. The van der Waals surface area contributed by atoms with Gasteiger partial charge in [0.1, 0.15) is 18.6 Å². The van der Waals surface area contributed by atoms with Crippen LogP contribution in [-0.2, 0) is 12.7 Å². The van der Waals surface area contributed by atoms with Crippen LogP contribution < -0.4 is 14.7 Å². The first-order chi connectivity index (χ1) is 15.1. The second kappa shape index (κ2) is 8.06. The summed E-state index contributed by atoms with van der Waals surface area (Å²) in [6.45, 7) is -0.0616. The van der Waals surface area contributed by atoms with E-state index in [0.29, 0.717) is 23.1 Å². The van der Waals surface area contributed by atoms with Crippen LogP contribution in [0.15, 0.2) is 47.5 Å². The average molecular weight is 487 g/mol. The molecule has 12 heteroatoms. The van der Waals surface area contributed by atoms with Gasteiger partial charge in [-0.1, -0.05) is 11.6 Å². The summed E-state index contributed by atoms with van der Waals surface area (Å²) < 4.78 is 62.1. The van der Waals surface area contributed by atoms with Crippen molar-refractivity contribution in [1.29, 1.82) is 0 Å². The molecular formula is C20H13ClF4N3O3S+. The average Bonchev–Trinajstić information content (AvgIpc) is 3.15. The van der Waals surface area contributed by atoms with Crippen molar-refractivity contribution in [3.8, 4) is 22.8 Å². The van der Waals surface area contributed by atoms with Crippen molar-refractivity contribution >= 4 is 28.6 Å². The fourth-order valence-corrected chi connectivity index (χ4v) is 4.28. The Labute approximate surface area is 186 Å². The third-order valence-corrected chi connectivity index (χ3v) is 5.82. The number of rotatable bonds is 4. The Balaban J connectivity index is 2.09.